The van der Waals surface area contributed by atoms with Crippen LogP contribution in [0.15, 0.2) is 42.7 Å². The van der Waals surface area contributed by atoms with Crippen molar-refractivity contribution in [3.8, 4) is 11.5 Å². The minimum Gasteiger partial charge on any atom is -0.496 e. The first kappa shape index (κ1) is 15.8. The van der Waals surface area contributed by atoms with Gasteiger partial charge in [0.25, 0.3) is 0 Å². The number of methoxy groups -OCH3 is 2. The van der Waals surface area contributed by atoms with Crippen LogP contribution < -0.4 is 14.8 Å². The van der Waals surface area contributed by atoms with Gasteiger partial charge in [-0.1, -0.05) is 12.1 Å². The Morgan fingerprint density at radius 2 is 1.74 bits per heavy atom. The van der Waals surface area contributed by atoms with Gasteiger partial charge in [-0.05, 0) is 23.8 Å². The van der Waals surface area contributed by atoms with Crippen LogP contribution in [-0.4, -0.2) is 50.3 Å². The molecule has 1 fully saturated rings. The largest absolute Gasteiger partial charge is 0.496 e. The molecule has 2 heterocycles. The number of rotatable bonds is 5. The quantitative estimate of drug-likeness (QED) is 0.916. The van der Waals surface area contributed by atoms with Gasteiger partial charge in [0.1, 0.15) is 11.5 Å². The lowest BCUT2D eigenvalue weighted by atomic mass is 9.95. The molecule has 23 heavy (non-hydrogen) atoms. The molecular weight excluding hydrogens is 290 g/mol. The molecule has 1 N–H and O–H groups in total. The summed E-state index contributed by atoms with van der Waals surface area (Å²) in [5, 5.41) is 3.41. The third kappa shape index (κ3) is 3.30. The fourth-order valence-electron chi connectivity index (χ4n) is 3.19. The maximum Gasteiger partial charge on any atom is 0.127 e. The summed E-state index contributed by atoms with van der Waals surface area (Å²) in [7, 11) is 3.41. The van der Waals surface area contributed by atoms with Crippen LogP contribution in [0.3, 0.4) is 0 Å². The van der Waals surface area contributed by atoms with Crippen LogP contribution in [0.25, 0.3) is 0 Å². The van der Waals surface area contributed by atoms with Crippen molar-refractivity contribution in [2.45, 2.75) is 6.04 Å². The molecule has 122 valence electrons. The number of piperazine rings is 1. The minimum absolute atomic E-state index is 0.0666. The third-order valence-corrected chi connectivity index (χ3v) is 4.26. The summed E-state index contributed by atoms with van der Waals surface area (Å²) >= 11 is 0. The molecule has 2 aromatic rings. The molecule has 1 aromatic carbocycles. The van der Waals surface area contributed by atoms with Gasteiger partial charge < -0.3 is 14.8 Å². The smallest absolute Gasteiger partial charge is 0.127 e. The molecule has 0 saturated carbocycles. The highest BCUT2D eigenvalue weighted by Gasteiger charge is 2.29. The van der Waals surface area contributed by atoms with E-state index < -0.39 is 0 Å². The second-order valence-electron chi connectivity index (χ2n) is 5.55. The highest BCUT2D eigenvalue weighted by atomic mass is 16.5. The van der Waals surface area contributed by atoms with E-state index in [1.807, 2.05) is 30.5 Å². The van der Waals surface area contributed by atoms with Gasteiger partial charge in [-0.2, -0.15) is 0 Å². The average Bonchev–Trinajstić information content (AvgIpc) is 2.64. The van der Waals surface area contributed by atoms with E-state index in [0.29, 0.717) is 0 Å². The van der Waals surface area contributed by atoms with Gasteiger partial charge in [-0.25, -0.2) is 0 Å². The van der Waals surface area contributed by atoms with Crippen molar-refractivity contribution < 1.29 is 9.47 Å². The summed E-state index contributed by atoms with van der Waals surface area (Å²) in [6.45, 7) is 3.91. The zero-order valence-corrected chi connectivity index (χ0v) is 13.7. The summed E-state index contributed by atoms with van der Waals surface area (Å²) in [5.74, 6) is 1.69. The average molecular weight is 313 g/mol. The molecule has 0 radical (unpaired) electrons. The van der Waals surface area contributed by atoms with Crippen LogP contribution >= 0.6 is 0 Å². The molecule has 1 unspecified atom stereocenters. The Morgan fingerprint density at radius 1 is 1.04 bits per heavy atom. The lowest BCUT2D eigenvalue weighted by molar-refractivity contribution is 0.192. The van der Waals surface area contributed by atoms with Crippen molar-refractivity contribution in [1.82, 2.24) is 15.2 Å². The van der Waals surface area contributed by atoms with Gasteiger partial charge in [0, 0.05) is 38.6 Å². The normalized spacial score (nSPS) is 16.8. The Hall–Kier alpha value is -2.11. The molecule has 0 spiro atoms. The molecule has 0 amide bonds. The molecule has 0 aliphatic carbocycles. The molecular formula is C18H23N3O2. The number of hydrogen-bond donors (Lipinski definition) is 1. The monoisotopic (exact) mass is 313 g/mol. The second kappa shape index (κ2) is 7.44. The van der Waals surface area contributed by atoms with Crippen LogP contribution in [0.4, 0.5) is 0 Å². The standard InChI is InChI=1S/C18H23N3O2/c1-22-15-6-3-7-16(23-2)17(15)18(14-5-4-8-20-13-14)21-11-9-19-10-12-21/h3-8,13,18-19H,9-12H2,1-2H3. The van der Waals surface area contributed by atoms with E-state index in [1.165, 1.54) is 0 Å². The van der Waals surface area contributed by atoms with E-state index in [9.17, 15) is 0 Å². The van der Waals surface area contributed by atoms with Crippen LogP contribution in [0.2, 0.25) is 0 Å². The molecule has 5 heteroatoms. The number of nitrogens with zero attached hydrogens (tertiary/aromatic N) is 2. The van der Waals surface area contributed by atoms with E-state index in [-0.39, 0.29) is 6.04 Å². The van der Waals surface area contributed by atoms with Gasteiger partial charge in [-0.15, -0.1) is 0 Å². The van der Waals surface area contributed by atoms with Crippen LogP contribution in [0.1, 0.15) is 17.2 Å². The molecule has 3 rings (SSSR count). The fourth-order valence-corrected chi connectivity index (χ4v) is 3.19. The first-order valence-electron chi connectivity index (χ1n) is 7.90. The number of pyridine rings is 1. The molecule has 1 aliphatic heterocycles. The number of ether oxygens (including phenoxy) is 2. The Balaban J connectivity index is 2.12. The van der Waals surface area contributed by atoms with Gasteiger partial charge in [0.2, 0.25) is 0 Å². The van der Waals surface area contributed by atoms with Crippen LogP contribution in [0.5, 0.6) is 11.5 Å². The van der Waals surface area contributed by atoms with Gasteiger partial charge in [-0.3, -0.25) is 9.88 Å². The highest BCUT2D eigenvalue weighted by Crippen LogP contribution is 2.40. The van der Waals surface area contributed by atoms with E-state index >= 15 is 0 Å². The number of hydrogen-bond acceptors (Lipinski definition) is 5. The van der Waals surface area contributed by atoms with Crippen LogP contribution in [-0.2, 0) is 0 Å². The van der Waals surface area contributed by atoms with E-state index in [2.05, 4.69) is 21.3 Å². The van der Waals surface area contributed by atoms with Gasteiger partial charge in [0.05, 0.1) is 25.8 Å². The van der Waals surface area contributed by atoms with Crippen molar-refractivity contribution in [2.24, 2.45) is 0 Å². The zero-order valence-electron chi connectivity index (χ0n) is 13.7. The Kier molecular flexibility index (Phi) is 5.10. The van der Waals surface area contributed by atoms with E-state index in [1.54, 1.807) is 20.4 Å². The summed E-state index contributed by atoms with van der Waals surface area (Å²) in [4.78, 5) is 6.77. The Morgan fingerprint density at radius 3 is 2.30 bits per heavy atom. The van der Waals surface area contributed by atoms with Crippen molar-refractivity contribution >= 4 is 0 Å². The summed E-state index contributed by atoms with van der Waals surface area (Å²) < 4.78 is 11.3. The number of benzene rings is 1. The molecule has 1 aliphatic rings. The van der Waals surface area contributed by atoms with Crippen molar-refractivity contribution in [1.29, 1.82) is 0 Å². The molecule has 1 saturated heterocycles. The molecule has 1 aromatic heterocycles. The predicted octanol–water partition coefficient (Wildman–Crippen LogP) is 2.09. The topological polar surface area (TPSA) is 46.6 Å². The zero-order chi connectivity index (χ0) is 16.1. The minimum atomic E-state index is 0.0666. The first-order valence-corrected chi connectivity index (χ1v) is 7.90. The van der Waals surface area contributed by atoms with Crippen LogP contribution in [0, 0.1) is 0 Å². The Labute approximate surface area is 137 Å². The lowest BCUT2D eigenvalue weighted by Gasteiger charge is -2.36. The lowest BCUT2D eigenvalue weighted by Crippen LogP contribution is -2.45. The third-order valence-electron chi connectivity index (χ3n) is 4.26. The maximum atomic E-state index is 5.64. The molecule has 1 atom stereocenters. The first-order chi connectivity index (χ1) is 11.3. The molecule has 5 nitrogen and oxygen atoms in total. The van der Waals surface area contributed by atoms with E-state index in [0.717, 1.165) is 48.8 Å². The summed E-state index contributed by atoms with van der Waals surface area (Å²) in [6, 6.07) is 10.1. The second-order valence-corrected chi connectivity index (χ2v) is 5.55. The van der Waals surface area contributed by atoms with Crippen molar-refractivity contribution in [2.75, 3.05) is 40.4 Å². The summed E-state index contributed by atoms with van der Waals surface area (Å²) in [5.41, 5.74) is 2.21. The van der Waals surface area contributed by atoms with E-state index in [4.69, 9.17) is 9.47 Å². The molecule has 0 bridgehead atoms. The van der Waals surface area contributed by atoms with Crippen molar-refractivity contribution in [3.63, 3.8) is 0 Å². The highest BCUT2D eigenvalue weighted by molar-refractivity contribution is 5.50. The van der Waals surface area contributed by atoms with Crippen molar-refractivity contribution in [3.05, 3.63) is 53.9 Å². The van der Waals surface area contributed by atoms with Gasteiger partial charge in [0.15, 0.2) is 0 Å². The fraction of sp³-hybridized carbons (Fsp3) is 0.389. The van der Waals surface area contributed by atoms with Gasteiger partial charge >= 0.3 is 0 Å². The number of aromatic nitrogens is 1. The maximum absolute atomic E-state index is 5.64. The number of nitrogens with one attached hydrogen (secondary N) is 1. The Bertz CT molecular complexity index is 605. The predicted molar refractivity (Wildman–Crippen MR) is 90.1 cm³/mol. The summed E-state index contributed by atoms with van der Waals surface area (Å²) in [6.07, 6.45) is 3.73. The SMILES string of the molecule is COc1cccc(OC)c1C(c1cccnc1)N1CCNCC1.